The summed E-state index contributed by atoms with van der Waals surface area (Å²) in [6.45, 7) is 1.57. The normalized spacial score (nSPS) is 10.8. The molecule has 1 aromatic heterocycles. The summed E-state index contributed by atoms with van der Waals surface area (Å²) < 4.78 is 15.1. The molecule has 2 aromatic rings. The highest BCUT2D eigenvalue weighted by molar-refractivity contribution is 9.11. The van der Waals surface area contributed by atoms with Crippen molar-refractivity contribution in [1.29, 1.82) is 0 Å². The van der Waals surface area contributed by atoms with Crippen molar-refractivity contribution in [3.63, 3.8) is 0 Å². The van der Waals surface area contributed by atoms with E-state index in [9.17, 15) is 4.39 Å². The third-order valence-electron chi connectivity index (χ3n) is 2.43. The predicted octanol–water partition coefficient (Wildman–Crippen LogP) is 4.74. The molecule has 2 rings (SSSR count). The maximum absolute atomic E-state index is 13.1. The van der Waals surface area contributed by atoms with E-state index in [2.05, 4.69) is 49.3 Å². The molecule has 1 N–H and O–H groups in total. The second-order valence-electron chi connectivity index (χ2n) is 3.91. The summed E-state index contributed by atoms with van der Waals surface area (Å²) in [4.78, 5) is 1.34. The number of hydrogen-bond acceptors (Lipinski definition) is 2. The van der Waals surface area contributed by atoms with Crippen LogP contribution in [-0.4, -0.2) is 6.54 Å². The van der Waals surface area contributed by atoms with E-state index in [1.54, 1.807) is 17.4 Å². The highest BCUT2D eigenvalue weighted by Crippen LogP contribution is 2.22. The maximum Gasteiger partial charge on any atom is 0.124 e. The van der Waals surface area contributed by atoms with Gasteiger partial charge in [-0.05, 0) is 58.2 Å². The van der Waals surface area contributed by atoms with Crippen LogP contribution in [0.25, 0.3) is 0 Å². The Morgan fingerprint density at radius 1 is 1.17 bits per heavy atom. The van der Waals surface area contributed by atoms with Gasteiger partial charge >= 0.3 is 0 Å². The van der Waals surface area contributed by atoms with Gasteiger partial charge in [0.15, 0.2) is 0 Å². The molecule has 0 aliphatic rings. The zero-order valence-electron chi connectivity index (χ0n) is 9.55. The smallest absolute Gasteiger partial charge is 0.124 e. The average molecular weight is 393 g/mol. The highest BCUT2D eigenvalue weighted by atomic mass is 79.9. The Morgan fingerprint density at radius 2 is 2.00 bits per heavy atom. The Hall–Kier alpha value is -0.230. The van der Waals surface area contributed by atoms with Crippen molar-refractivity contribution in [3.05, 3.63) is 54.8 Å². The molecule has 0 amide bonds. The molecular formula is C13H12Br2FNS. The van der Waals surface area contributed by atoms with Crippen LogP contribution in [-0.2, 0) is 13.0 Å². The van der Waals surface area contributed by atoms with Crippen molar-refractivity contribution in [2.45, 2.75) is 13.0 Å². The Labute approximate surface area is 127 Å². The van der Waals surface area contributed by atoms with Crippen molar-refractivity contribution >= 4 is 43.2 Å². The standard InChI is InChI=1S/C13H12Br2FNS/c14-10-5-9(6-11(16)7-10)8-17-4-3-12-1-2-13(15)18-12/h1-2,5-7,17H,3-4,8H2. The van der Waals surface area contributed by atoms with Gasteiger partial charge in [0.25, 0.3) is 0 Å². The van der Waals surface area contributed by atoms with Crippen LogP contribution in [0.2, 0.25) is 0 Å². The van der Waals surface area contributed by atoms with Crippen LogP contribution in [0.4, 0.5) is 4.39 Å². The Bertz CT molecular complexity index is 507. The fraction of sp³-hybridized carbons (Fsp3) is 0.231. The van der Waals surface area contributed by atoms with Gasteiger partial charge in [-0.1, -0.05) is 15.9 Å². The molecule has 0 saturated carbocycles. The molecule has 1 aromatic carbocycles. The van der Waals surface area contributed by atoms with Crippen molar-refractivity contribution in [3.8, 4) is 0 Å². The summed E-state index contributed by atoms with van der Waals surface area (Å²) in [6.07, 6.45) is 0.993. The molecule has 0 atom stereocenters. The Kier molecular flexibility index (Phi) is 5.36. The molecule has 96 valence electrons. The lowest BCUT2D eigenvalue weighted by Gasteiger charge is -2.05. The molecule has 1 nitrogen and oxygen atoms in total. The van der Waals surface area contributed by atoms with Gasteiger partial charge in [-0.15, -0.1) is 11.3 Å². The third-order valence-corrected chi connectivity index (χ3v) is 4.57. The molecule has 0 spiro atoms. The quantitative estimate of drug-likeness (QED) is 0.724. The predicted molar refractivity (Wildman–Crippen MR) is 81.5 cm³/mol. The van der Waals surface area contributed by atoms with Crippen LogP contribution in [0.15, 0.2) is 38.6 Å². The summed E-state index contributed by atoms with van der Waals surface area (Å²) in [5.41, 5.74) is 0.953. The number of hydrogen-bond donors (Lipinski definition) is 1. The van der Waals surface area contributed by atoms with Gasteiger partial charge in [0.1, 0.15) is 5.82 Å². The van der Waals surface area contributed by atoms with Crippen LogP contribution in [0, 0.1) is 5.82 Å². The lowest BCUT2D eigenvalue weighted by Crippen LogP contribution is -2.16. The summed E-state index contributed by atoms with van der Waals surface area (Å²) >= 11 is 8.48. The van der Waals surface area contributed by atoms with Gasteiger partial charge in [-0.25, -0.2) is 4.39 Å². The Balaban J connectivity index is 1.78. The fourth-order valence-corrected chi connectivity index (χ4v) is 3.64. The van der Waals surface area contributed by atoms with Gasteiger partial charge < -0.3 is 5.32 Å². The van der Waals surface area contributed by atoms with Gasteiger partial charge in [-0.2, -0.15) is 0 Å². The van der Waals surface area contributed by atoms with Crippen molar-refractivity contribution in [2.75, 3.05) is 6.54 Å². The topological polar surface area (TPSA) is 12.0 Å². The summed E-state index contributed by atoms with van der Waals surface area (Å²) in [5, 5.41) is 3.32. The third kappa shape index (κ3) is 4.46. The number of nitrogens with one attached hydrogen (secondary N) is 1. The van der Waals surface area contributed by atoms with Gasteiger partial charge in [0.05, 0.1) is 3.79 Å². The van der Waals surface area contributed by atoms with E-state index in [1.165, 1.54) is 10.9 Å². The first-order chi connectivity index (χ1) is 8.63. The monoisotopic (exact) mass is 391 g/mol. The minimum absolute atomic E-state index is 0.205. The number of halogens is 3. The van der Waals surface area contributed by atoms with E-state index >= 15 is 0 Å². The molecule has 0 bridgehead atoms. The molecule has 0 aliphatic heterocycles. The first-order valence-corrected chi connectivity index (χ1v) is 7.93. The van der Waals surface area contributed by atoms with E-state index in [4.69, 9.17) is 0 Å². The van der Waals surface area contributed by atoms with Crippen LogP contribution < -0.4 is 5.32 Å². The molecule has 1 heterocycles. The zero-order valence-corrected chi connectivity index (χ0v) is 13.5. The van der Waals surface area contributed by atoms with Gasteiger partial charge in [0, 0.05) is 22.4 Å². The molecule has 5 heteroatoms. The number of rotatable bonds is 5. The Morgan fingerprint density at radius 3 is 2.67 bits per heavy atom. The van der Waals surface area contributed by atoms with Crippen LogP contribution in [0.5, 0.6) is 0 Å². The highest BCUT2D eigenvalue weighted by Gasteiger charge is 2.00. The van der Waals surface area contributed by atoms with E-state index in [-0.39, 0.29) is 5.82 Å². The summed E-state index contributed by atoms with van der Waals surface area (Å²) in [7, 11) is 0. The average Bonchev–Trinajstić information content (AvgIpc) is 2.69. The molecule has 0 saturated heterocycles. The molecule has 18 heavy (non-hydrogen) atoms. The van der Waals surface area contributed by atoms with Crippen molar-refractivity contribution in [1.82, 2.24) is 5.32 Å². The van der Waals surface area contributed by atoms with E-state index < -0.39 is 0 Å². The molecular weight excluding hydrogens is 381 g/mol. The van der Waals surface area contributed by atoms with Crippen LogP contribution in [0.3, 0.4) is 0 Å². The fourth-order valence-electron chi connectivity index (χ4n) is 1.64. The minimum Gasteiger partial charge on any atom is -0.312 e. The first kappa shape index (κ1) is 14.2. The van der Waals surface area contributed by atoms with Crippen molar-refractivity contribution < 1.29 is 4.39 Å². The SMILES string of the molecule is Fc1cc(Br)cc(CNCCc2ccc(Br)s2)c1. The lowest BCUT2D eigenvalue weighted by molar-refractivity contribution is 0.619. The maximum atomic E-state index is 13.1. The summed E-state index contributed by atoms with van der Waals surface area (Å²) in [5.74, 6) is -0.205. The minimum atomic E-state index is -0.205. The van der Waals surface area contributed by atoms with Gasteiger partial charge in [-0.3, -0.25) is 0 Å². The van der Waals surface area contributed by atoms with Crippen LogP contribution in [0.1, 0.15) is 10.4 Å². The molecule has 0 aliphatic carbocycles. The number of thiophene rings is 1. The number of benzene rings is 1. The second kappa shape index (κ2) is 6.80. The van der Waals surface area contributed by atoms with E-state index in [0.29, 0.717) is 6.54 Å². The molecule has 0 unspecified atom stereocenters. The second-order valence-corrected chi connectivity index (χ2v) is 7.37. The zero-order chi connectivity index (χ0) is 13.0. The molecule has 0 radical (unpaired) electrons. The largest absolute Gasteiger partial charge is 0.312 e. The summed E-state index contributed by atoms with van der Waals surface area (Å²) in [6, 6.07) is 9.13. The first-order valence-electron chi connectivity index (χ1n) is 5.53. The van der Waals surface area contributed by atoms with Crippen molar-refractivity contribution in [2.24, 2.45) is 0 Å². The lowest BCUT2D eigenvalue weighted by atomic mass is 10.2. The van der Waals surface area contributed by atoms with Crippen LogP contribution >= 0.6 is 43.2 Å². The molecule has 0 fully saturated rings. The van der Waals surface area contributed by atoms with Gasteiger partial charge in [0.2, 0.25) is 0 Å². The van der Waals surface area contributed by atoms with E-state index in [1.807, 2.05) is 6.07 Å². The van der Waals surface area contributed by atoms with E-state index in [0.717, 1.165) is 26.8 Å².